The second-order valence-corrected chi connectivity index (χ2v) is 7.42. The zero-order chi connectivity index (χ0) is 14.8. The Morgan fingerprint density at radius 3 is 1.78 bits per heavy atom. The fourth-order valence-electron chi connectivity index (χ4n) is 1.13. The maximum atomic E-state index is 8.62. The minimum absolute atomic E-state index is 0.242. The summed E-state index contributed by atoms with van der Waals surface area (Å²) in [5, 5.41) is 0. The Morgan fingerprint density at radius 1 is 1.06 bits per heavy atom. The first-order chi connectivity index (χ1) is 7.99. The van der Waals surface area contributed by atoms with E-state index in [0.29, 0.717) is 5.92 Å². The van der Waals surface area contributed by atoms with Gasteiger partial charge in [0.15, 0.2) is 0 Å². The van der Waals surface area contributed by atoms with Gasteiger partial charge in [-0.15, -0.1) is 0 Å². The fourth-order valence-corrected chi connectivity index (χ4v) is 1.59. The van der Waals surface area contributed by atoms with Gasteiger partial charge in [-0.2, -0.15) is 0 Å². The molecule has 112 valence electrons. The zero-order valence-corrected chi connectivity index (χ0v) is 13.8. The van der Waals surface area contributed by atoms with Crippen molar-refractivity contribution in [2.45, 2.75) is 39.5 Å². The number of hydrogen-bond donors (Lipinski definition) is 3. The van der Waals surface area contributed by atoms with Crippen LogP contribution in [0.1, 0.15) is 39.5 Å². The summed E-state index contributed by atoms with van der Waals surface area (Å²) >= 11 is 0. The molecular formula is C12H32NO4Si+. The molecule has 0 heterocycles. The van der Waals surface area contributed by atoms with Gasteiger partial charge in [-0.1, -0.05) is 33.1 Å². The highest BCUT2D eigenvalue weighted by molar-refractivity contribution is 6.48. The Hall–Kier alpha value is 0.0169. The van der Waals surface area contributed by atoms with E-state index in [4.69, 9.17) is 14.4 Å². The van der Waals surface area contributed by atoms with Gasteiger partial charge in [0.2, 0.25) is 0 Å². The van der Waals surface area contributed by atoms with Crippen LogP contribution < -0.4 is 0 Å². The molecule has 0 rings (SSSR count). The molecule has 0 bridgehead atoms. The quantitative estimate of drug-likeness (QED) is 0.480. The fraction of sp³-hybridized carbons (Fsp3) is 1.00. The molecule has 0 saturated heterocycles. The van der Waals surface area contributed by atoms with Crippen molar-refractivity contribution in [3.8, 4) is 0 Å². The van der Waals surface area contributed by atoms with E-state index in [9.17, 15) is 0 Å². The lowest BCUT2D eigenvalue weighted by molar-refractivity contribution is -0.849. The van der Waals surface area contributed by atoms with Crippen molar-refractivity contribution in [3.05, 3.63) is 0 Å². The molecule has 0 radical (unpaired) electrons. The Kier molecular flexibility index (Phi) is 11.2. The topological polar surface area (TPSA) is 69.9 Å². The average molecular weight is 282 g/mol. The third kappa shape index (κ3) is 25.0. The monoisotopic (exact) mass is 282 g/mol. The molecule has 0 aromatic rings. The highest BCUT2D eigenvalue weighted by Gasteiger charge is 2.31. The zero-order valence-electron chi connectivity index (χ0n) is 12.8. The Bertz CT molecular complexity index is 183. The van der Waals surface area contributed by atoms with Crippen LogP contribution in [-0.4, -0.2) is 62.7 Å². The molecule has 0 aliphatic rings. The van der Waals surface area contributed by atoms with Crippen molar-refractivity contribution in [2.24, 2.45) is 5.92 Å². The molecular weight excluding hydrogens is 250 g/mol. The van der Waals surface area contributed by atoms with Gasteiger partial charge in [0.25, 0.3) is 0 Å². The third-order valence-electron chi connectivity index (χ3n) is 2.06. The van der Waals surface area contributed by atoms with Crippen molar-refractivity contribution in [1.82, 2.24) is 0 Å². The number of quaternary nitrogens is 1. The summed E-state index contributed by atoms with van der Waals surface area (Å²) in [4.78, 5) is 25.8. The highest BCUT2D eigenvalue weighted by atomic mass is 28.4. The van der Waals surface area contributed by atoms with Gasteiger partial charge in [0.1, 0.15) is 0 Å². The summed E-state index contributed by atoms with van der Waals surface area (Å²) in [5.74, 6) is 0.318. The molecule has 1 atom stereocenters. The van der Waals surface area contributed by atoms with E-state index < -0.39 is 9.05 Å². The summed E-state index contributed by atoms with van der Waals surface area (Å²) < 4.78 is 5.58. The van der Waals surface area contributed by atoms with Gasteiger partial charge in [-0.05, 0) is 12.3 Å². The maximum Gasteiger partial charge on any atom is 0.671 e. The Balaban J connectivity index is 0. The maximum absolute atomic E-state index is 8.62. The van der Waals surface area contributed by atoms with Crippen LogP contribution in [0.25, 0.3) is 0 Å². The van der Waals surface area contributed by atoms with Crippen LogP contribution in [0.4, 0.5) is 0 Å². The van der Waals surface area contributed by atoms with Crippen LogP contribution in [0.2, 0.25) is 0 Å². The molecule has 0 saturated carbocycles. The Morgan fingerprint density at radius 2 is 1.50 bits per heavy atom. The molecule has 0 aliphatic carbocycles. The average Bonchev–Trinajstić information content (AvgIpc) is 2.14. The second-order valence-electron chi connectivity index (χ2n) is 5.98. The van der Waals surface area contributed by atoms with Crippen LogP contribution in [0.15, 0.2) is 0 Å². The van der Waals surface area contributed by atoms with Crippen molar-refractivity contribution in [2.75, 3.05) is 34.8 Å². The lowest BCUT2D eigenvalue weighted by Crippen LogP contribution is -2.40. The SMILES string of the molecule is CCCCC(CC)CO[Si](O)(O)O.C[N+](C)(C)C. The van der Waals surface area contributed by atoms with Crippen LogP contribution in [0, 0.1) is 5.92 Å². The minimum Gasteiger partial charge on any atom is -0.368 e. The van der Waals surface area contributed by atoms with E-state index in [2.05, 4.69) is 39.5 Å². The van der Waals surface area contributed by atoms with Gasteiger partial charge in [0.05, 0.1) is 28.2 Å². The molecule has 1 unspecified atom stereocenters. The number of hydrogen-bond acceptors (Lipinski definition) is 4. The molecule has 0 spiro atoms. The van der Waals surface area contributed by atoms with Crippen molar-refractivity contribution in [1.29, 1.82) is 0 Å². The van der Waals surface area contributed by atoms with Crippen molar-refractivity contribution < 1.29 is 23.3 Å². The van der Waals surface area contributed by atoms with Gasteiger partial charge in [-0.3, -0.25) is 0 Å². The van der Waals surface area contributed by atoms with E-state index in [1.54, 1.807) is 0 Å². The third-order valence-corrected chi connectivity index (χ3v) is 2.61. The predicted octanol–water partition coefficient (Wildman–Crippen LogP) is 0.954. The van der Waals surface area contributed by atoms with Gasteiger partial charge in [0, 0.05) is 6.61 Å². The molecule has 0 aromatic carbocycles. The lowest BCUT2D eigenvalue weighted by Gasteiger charge is -2.17. The second kappa shape index (κ2) is 9.88. The highest BCUT2D eigenvalue weighted by Crippen LogP contribution is 2.13. The Labute approximate surface area is 113 Å². The van der Waals surface area contributed by atoms with Crippen LogP contribution in [0.5, 0.6) is 0 Å². The van der Waals surface area contributed by atoms with Crippen LogP contribution in [0.3, 0.4) is 0 Å². The van der Waals surface area contributed by atoms with E-state index in [1.807, 2.05) is 6.92 Å². The predicted molar refractivity (Wildman–Crippen MR) is 75.6 cm³/mol. The van der Waals surface area contributed by atoms with Crippen molar-refractivity contribution >= 4 is 9.05 Å². The first-order valence-corrected chi connectivity index (χ1v) is 8.34. The molecule has 0 aliphatic heterocycles. The summed E-state index contributed by atoms with van der Waals surface area (Å²) in [7, 11) is 4.22. The van der Waals surface area contributed by atoms with Gasteiger partial charge < -0.3 is 23.3 Å². The molecule has 0 fully saturated rings. The van der Waals surface area contributed by atoms with E-state index in [0.717, 1.165) is 30.2 Å². The van der Waals surface area contributed by atoms with E-state index in [-0.39, 0.29) is 6.61 Å². The summed E-state index contributed by atoms with van der Waals surface area (Å²) in [5.41, 5.74) is 0. The number of rotatable bonds is 7. The summed E-state index contributed by atoms with van der Waals surface area (Å²) in [6.07, 6.45) is 4.18. The normalized spacial score (nSPS) is 13.8. The minimum atomic E-state index is -4.28. The molecule has 6 heteroatoms. The summed E-state index contributed by atoms with van der Waals surface area (Å²) in [6, 6.07) is 0. The molecule has 3 N–H and O–H groups in total. The van der Waals surface area contributed by atoms with Crippen LogP contribution in [-0.2, 0) is 4.43 Å². The molecule has 18 heavy (non-hydrogen) atoms. The van der Waals surface area contributed by atoms with Crippen molar-refractivity contribution in [3.63, 3.8) is 0 Å². The first-order valence-electron chi connectivity index (χ1n) is 6.59. The largest absolute Gasteiger partial charge is 0.671 e. The van der Waals surface area contributed by atoms with E-state index >= 15 is 0 Å². The van der Waals surface area contributed by atoms with Crippen LogP contribution >= 0.6 is 0 Å². The molecule has 0 amide bonds. The van der Waals surface area contributed by atoms with E-state index in [1.165, 1.54) is 0 Å². The molecule has 5 nitrogen and oxygen atoms in total. The smallest absolute Gasteiger partial charge is 0.368 e. The standard InChI is InChI=1S/C8H20O4Si.C4H12N/c1-3-5-6-8(4-2)7-12-13(9,10)11;1-5(2,3)4/h8-11H,3-7H2,1-2H3;1-4H3/q;+1. The van der Waals surface area contributed by atoms with Gasteiger partial charge >= 0.3 is 9.05 Å². The van der Waals surface area contributed by atoms with Gasteiger partial charge in [-0.25, -0.2) is 0 Å². The lowest BCUT2D eigenvalue weighted by atomic mass is 10.0. The number of unbranched alkanes of at least 4 members (excludes halogenated alkanes) is 1. The number of nitrogens with zero attached hydrogens (tertiary/aromatic N) is 1. The first kappa shape index (κ1) is 20.3. The molecule has 0 aromatic heterocycles. The summed E-state index contributed by atoms with van der Waals surface area (Å²) in [6.45, 7) is 4.38.